The molecule has 9 nitrogen and oxygen atoms in total. The van der Waals surface area contributed by atoms with Crippen LogP contribution in [-0.4, -0.2) is 49.8 Å². The fourth-order valence-electron chi connectivity index (χ4n) is 4.33. The molecule has 0 radical (unpaired) electrons. The number of rotatable bonds is 6. The highest BCUT2D eigenvalue weighted by molar-refractivity contribution is 7.89. The summed E-state index contributed by atoms with van der Waals surface area (Å²) in [6.07, 6.45) is 1.25. The van der Waals surface area contributed by atoms with Crippen LogP contribution in [0.15, 0.2) is 53.4 Å². The normalized spacial score (nSPS) is 20.2. The van der Waals surface area contributed by atoms with E-state index >= 15 is 0 Å². The van der Waals surface area contributed by atoms with Crippen LogP contribution >= 0.6 is 0 Å². The average Bonchev–Trinajstić information content (AvgIpc) is 3.06. The van der Waals surface area contributed by atoms with E-state index in [2.05, 4.69) is 5.32 Å². The van der Waals surface area contributed by atoms with Gasteiger partial charge in [-0.1, -0.05) is 24.3 Å². The van der Waals surface area contributed by atoms with Crippen LogP contribution in [0.5, 0.6) is 0 Å². The second-order valence-corrected chi connectivity index (χ2v) is 9.70. The Morgan fingerprint density at radius 1 is 1.12 bits per heavy atom. The summed E-state index contributed by atoms with van der Waals surface area (Å²) in [7, 11) is -3.75. The van der Waals surface area contributed by atoms with Gasteiger partial charge in [-0.05, 0) is 49.6 Å². The van der Waals surface area contributed by atoms with Gasteiger partial charge in [-0.2, -0.15) is 0 Å². The van der Waals surface area contributed by atoms with Crippen molar-refractivity contribution in [2.45, 2.75) is 36.7 Å². The fraction of sp³-hybridized carbons (Fsp3) is 0.318. The van der Waals surface area contributed by atoms with Gasteiger partial charge in [0.15, 0.2) is 0 Å². The first-order valence-corrected chi connectivity index (χ1v) is 11.8. The first-order chi connectivity index (χ1) is 15.1. The zero-order valence-electron chi connectivity index (χ0n) is 17.6. The summed E-state index contributed by atoms with van der Waals surface area (Å²) < 4.78 is 22.7. The maximum absolute atomic E-state index is 13.2. The minimum Gasteiger partial charge on any atom is -0.354 e. The Bertz CT molecular complexity index is 1200. The second-order valence-electron chi connectivity index (χ2n) is 8.14. The quantitative estimate of drug-likeness (QED) is 0.670. The number of nitrogens with zero attached hydrogens (tertiary/aromatic N) is 2. The van der Waals surface area contributed by atoms with Crippen molar-refractivity contribution in [3.63, 3.8) is 0 Å². The molecule has 3 amide bonds. The lowest BCUT2D eigenvalue weighted by Gasteiger charge is -2.48. The van der Waals surface area contributed by atoms with Crippen LogP contribution in [0.2, 0.25) is 0 Å². The Morgan fingerprint density at radius 3 is 2.50 bits per heavy atom. The number of hydrogen-bond donors (Lipinski definition) is 2. The van der Waals surface area contributed by atoms with E-state index in [0.717, 1.165) is 5.56 Å². The van der Waals surface area contributed by atoms with Gasteiger partial charge in [-0.3, -0.25) is 19.3 Å². The van der Waals surface area contributed by atoms with Gasteiger partial charge in [-0.25, -0.2) is 13.6 Å². The second kappa shape index (κ2) is 8.03. The first kappa shape index (κ1) is 22.0. The summed E-state index contributed by atoms with van der Waals surface area (Å²) >= 11 is 0. The summed E-state index contributed by atoms with van der Waals surface area (Å²) in [6, 6.07) is 13.1. The minimum absolute atomic E-state index is 0.0260. The van der Waals surface area contributed by atoms with E-state index in [0.29, 0.717) is 37.1 Å². The number of nitrogens with one attached hydrogen (secondary N) is 1. The van der Waals surface area contributed by atoms with Crippen molar-refractivity contribution in [3.8, 4) is 0 Å². The Hall–Kier alpha value is -3.24. The van der Waals surface area contributed by atoms with Crippen LogP contribution < -0.4 is 15.4 Å². The number of para-hydroxylation sites is 1. The molecule has 1 atom stereocenters. The number of carbonyl (C=O) groups excluding carboxylic acids is 3. The summed E-state index contributed by atoms with van der Waals surface area (Å²) in [4.78, 5) is 41.5. The number of fused-ring (bicyclic) bond motifs is 3. The van der Waals surface area contributed by atoms with Crippen LogP contribution in [0.4, 0.5) is 5.69 Å². The van der Waals surface area contributed by atoms with Crippen molar-refractivity contribution >= 4 is 33.4 Å². The summed E-state index contributed by atoms with van der Waals surface area (Å²) in [5, 5.41) is 7.89. The lowest BCUT2D eigenvalue weighted by atomic mass is 9.98. The molecule has 0 spiro atoms. The van der Waals surface area contributed by atoms with Gasteiger partial charge in [0.1, 0.15) is 12.2 Å². The third kappa shape index (κ3) is 3.87. The molecule has 0 aliphatic carbocycles. The van der Waals surface area contributed by atoms with E-state index in [4.69, 9.17) is 5.14 Å². The third-order valence-corrected chi connectivity index (χ3v) is 6.96. The topological polar surface area (TPSA) is 130 Å². The Kier molecular flexibility index (Phi) is 5.51. The highest BCUT2D eigenvalue weighted by Gasteiger charge is 2.53. The molecular formula is C22H24N4O5S. The van der Waals surface area contributed by atoms with E-state index in [1.165, 1.54) is 17.0 Å². The Morgan fingerprint density at radius 2 is 1.81 bits per heavy atom. The molecule has 2 aliphatic rings. The van der Waals surface area contributed by atoms with Gasteiger partial charge >= 0.3 is 0 Å². The monoisotopic (exact) mass is 456 g/mol. The SMILES string of the molecule is CC12CCC(=O)N1c1ccccc1C(=O)N2CC(=O)NCCc1ccc(S(N)(=O)=O)cc1. The number of benzene rings is 2. The van der Waals surface area contributed by atoms with E-state index in [-0.39, 0.29) is 29.2 Å². The standard InChI is InChI=1S/C22H24N4O5S/c1-22-12-10-20(28)26(22)18-5-3-2-4-17(18)21(29)25(22)14-19(27)24-13-11-15-6-8-16(9-7-15)32(23,30)31/h2-9H,10-14H2,1H3,(H,24,27)(H2,23,30,31). The van der Waals surface area contributed by atoms with Gasteiger partial charge in [0.05, 0.1) is 16.1 Å². The van der Waals surface area contributed by atoms with Gasteiger partial charge in [0, 0.05) is 13.0 Å². The summed E-state index contributed by atoms with van der Waals surface area (Å²) in [5.74, 6) is -0.678. The molecule has 168 valence electrons. The third-order valence-electron chi connectivity index (χ3n) is 6.04. The number of carbonyl (C=O) groups is 3. The van der Waals surface area contributed by atoms with E-state index < -0.39 is 15.7 Å². The van der Waals surface area contributed by atoms with E-state index in [1.54, 1.807) is 41.3 Å². The number of sulfonamides is 1. The molecule has 2 heterocycles. The smallest absolute Gasteiger partial charge is 0.258 e. The molecule has 0 aromatic heterocycles. The zero-order chi connectivity index (χ0) is 23.1. The van der Waals surface area contributed by atoms with Crippen molar-refractivity contribution < 1.29 is 22.8 Å². The predicted molar refractivity (Wildman–Crippen MR) is 117 cm³/mol. The molecule has 2 aromatic carbocycles. The average molecular weight is 457 g/mol. The molecule has 32 heavy (non-hydrogen) atoms. The van der Waals surface area contributed by atoms with Crippen molar-refractivity contribution in [3.05, 3.63) is 59.7 Å². The van der Waals surface area contributed by atoms with E-state index in [1.807, 2.05) is 6.92 Å². The van der Waals surface area contributed by atoms with Crippen LogP contribution in [0.25, 0.3) is 0 Å². The van der Waals surface area contributed by atoms with E-state index in [9.17, 15) is 22.8 Å². The Labute approximate surface area is 186 Å². The lowest BCUT2D eigenvalue weighted by molar-refractivity contribution is -0.123. The van der Waals surface area contributed by atoms with Gasteiger partial charge in [-0.15, -0.1) is 0 Å². The van der Waals surface area contributed by atoms with Crippen LogP contribution in [0.3, 0.4) is 0 Å². The van der Waals surface area contributed by atoms with Crippen molar-refractivity contribution in [2.24, 2.45) is 5.14 Å². The highest BCUT2D eigenvalue weighted by Crippen LogP contribution is 2.43. The number of amides is 3. The molecule has 0 bridgehead atoms. The number of nitrogens with two attached hydrogens (primary N) is 1. The molecule has 2 aromatic rings. The predicted octanol–water partition coefficient (Wildman–Crippen LogP) is 0.992. The zero-order valence-corrected chi connectivity index (χ0v) is 18.4. The molecule has 1 fully saturated rings. The molecule has 3 N–H and O–H groups in total. The van der Waals surface area contributed by atoms with Crippen LogP contribution in [-0.2, 0) is 26.0 Å². The highest BCUT2D eigenvalue weighted by atomic mass is 32.2. The molecule has 10 heteroatoms. The molecule has 1 saturated heterocycles. The van der Waals surface area contributed by atoms with Crippen molar-refractivity contribution in [1.29, 1.82) is 0 Å². The number of primary sulfonamides is 1. The summed E-state index contributed by atoms with van der Waals surface area (Å²) in [6.45, 7) is 1.95. The molecule has 0 saturated carbocycles. The maximum atomic E-state index is 13.2. The molecule has 4 rings (SSSR count). The van der Waals surface area contributed by atoms with Crippen molar-refractivity contribution in [2.75, 3.05) is 18.0 Å². The fourth-order valence-corrected chi connectivity index (χ4v) is 4.85. The lowest BCUT2D eigenvalue weighted by Crippen LogP contribution is -2.63. The molecular weight excluding hydrogens is 432 g/mol. The van der Waals surface area contributed by atoms with Gasteiger partial charge < -0.3 is 10.2 Å². The maximum Gasteiger partial charge on any atom is 0.258 e. The van der Waals surface area contributed by atoms with Crippen LogP contribution in [0.1, 0.15) is 35.7 Å². The number of hydrogen-bond acceptors (Lipinski definition) is 5. The largest absolute Gasteiger partial charge is 0.354 e. The Balaban J connectivity index is 1.43. The van der Waals surface area contributed by atoms with Gasteiger partial charge in [0.2, 0.25) is 21.8 Å². The van der Waals surface area contributed by atoms with Crippen LogP contribution in [0, 0.1) is 0 Å². The van der Waals surface area contributed by atoms with Crippen molar-refractivity contribution in [1.82, 2.24) is 10.2 Å². The van der Waals surface area contributed by atoms with Gasteiger partial charge in [0.25, 0.3) is 5.91 Å². The minimum atomic E-state index is -3.75. The molecule has 1 unspecified atom stereocenters. The number of anilines is 1. The molecule has 2 aliphatic heterocycles. The summed E-state index contributed by atoms with van der Waals surface area (Å²) in [5.41, 5.74) is 0.939. The first-order valence-electron chi connectivity index (χ1n) is 10.2.